The van der Waals surface area contributed by atoms with E-state index in [1.54, 1.807) is 13.8 Å². The van der Waals surface area contributed by atoms with Crippen LogP contribution in [0.1, 0.15) is 64.5 Å². The molecule has 1 aliphatic carbocycles. The minimum atomic E-state index is -1.05. The van der Waals surface area contributed by atoms with Crippen molar-refractivity contribution in [1.29, 1.82) is 0 Å². The number of benzene rings is 2. The first kappa shape index (κ1) is 26.3. The van der Waals surface area contributed by atoms with Crippen LogP contribution in [0.25, 0.3) is 11.1 Å². The Morgan fingerprint density at radius 2 is 1.49 bits per heavy atom. The van der Waals surface area contributed by atoms with E-state index in [9.17, 15) is 19.5 Å². The Morgan fingerprint density at radius 3 is 2.00 bits per heavy atom. The van der Waals surface area contributed by atoms with Crippen molar-refractivity contribution in [3.63, 3.8) is 0 Å². The second kappa shape index (κ2) is 10.5. The molecule has 1 aliphatic rings. The summed E-state index contributed by atoms with van der Waals surface area (Å²) in [6.07, 6.45) is 0.117. The van der Waals surface area contributed by atoms with Crippen LogP contribution < -0.4 is 10.6 Å². The number of hydrogen-bond donors (Lipinski definition) is 3. The number of carboxylic acids is 1. The van der Waals surface area contributed by atoms with Gasteiger partial charge in [0.15, 0.2) is 0 Å². The van der Waals surface area contributed by atoms with Crippen molar-refractivity contribution >= 4 is 18.0 Å². The Labute approximate surface area is 207 Å². The van der Waals surface area contributed by atoms with Gasteiger partial charge in [-0.15, -0.1) is 0 Å². The van der Waals surface area contributed by atoms with Crippen LogP contribution in [0, 0.1) is 10.8 Å². The highest BCUT2D eigenvalue weighted by molar-refractivity contribution is 5.87. The molecule has 1 atom stereocenters. The Balaban J connectivity index is 1.50. The van der Waals surface area contributed by atoms with Gasteiger partial charge in [-0.3, -0.25) is 4.79 Å². The molecule has 0 aliphatic heterocycles. The number of alkyl carbamates (subject to hydrolysis) is 1. The van der Waals surface area contributed by atoms with E-state index in [-0.39, 0.29) is 30.4 Å². The Kier molecular flexibility index (Phi) is 7.88. The zero-order valence-corrected chi connectivity index (χ0v) is 21.2. The van der Waals surface area contributed by atoms with Crippen LogP contribution in [0.4, 0.5) is 4.79 Å². The van der Waals surface area contributed by atoms with E-state index >= 15 is 0 Å². The van der Waals surface area contributed by atoms with Crippen molar-refractivity contribution in [1.82, 2.24) is 10.6 Å². The quantitative estimate of drug-likeness (QED) is 0.471. The third-order valence-corrected chi connectivity index (χ3v) is 6.40. The molecule has 3 N–H and O–H groups in total. The lowest BCUT2D eigenvalue weighted by Gasteiger charge is -2.29. The lowest BCUT2D eigenvalue weighted by atomic mass is 9.85. The summed E-state index contributed by atoms with van der Waals surface area (Å²) < 4.78 is 5.54. The van der Waals surface area contributed by atoms with Gasteiger partial charge >= 0.3 is 12.1 Å². The van der Waals surface area contributed by atoms with Crippen LogP contribution in [-0.2, 0) is 14.3 Å². The molecular formula is C28H36N2O5. The summed E-state index contributed by atoms with van der Waals surface area (Å²) in [5, 5.41) is 14.9. The summed E-state index contributed by atoms with van der Waals surface area (Å²) >= 11 is 0. The molecular weight excluding hydrogens is 444 g/mol. The van der Waals surface area contributed by atoms with Crippen molar-refractivity contribution in [2.45, 2.75) is 59.4 Å². The van der Waals surface area contributed by atoms with Gasteiger partial charge in [-0.25, -0.2) is 9.59 Å². The highest BCUT2D eigenvalue weighted by Gasteiger charge is 2.33. The molecule has 2 aromatic rings. The van der Waals surface area contributed by atoms with Gasteiger partial charge in [0.05, 0.1) is 0 Å². The number of ether oxygens (including phenoxy) is 1. The molecule has 0 aromatic heterocycles. The molecule has 3 rings (SSSR count). The summed E-state index contributed by atoms with van der Waals surface area (Å²) in [5.41, 5.74) is 3.51. The van der Waals surface area contributed by atoms with Crippen molar-refractivity contribution in [2.24, 2.45) is 10.8 Å². The van der Waals surface area contributed by atoms with Gasteiger partial charge < -0.3 is 20.5 Å². The smallest absolute Gasteiger partial charge is 0.407 e. The first-order valence-corrected chi connectivity index (χ1v) is 12.0. The molecule has 0 radical (unpaired) electrons. The van der Waals surface area contributed by atoms with Gasteiger partial charge in [-0.05, 0) is 40.5 Å². The second-order valence-electron chi connectivity index (χ2n) is 11.0. The van der Waals surface area contributed by atoms with Crippen LogP contribution in [-0.4, -0.2) is 42.3 Å². The molecule has 0 saturated heterocycles. The van der Waals surface area contributed by atoms with Gasteiger partial charge in [0.1, 0.15) is 12.6 Å². The minimum absolute atomic E-state index is 0.0221. The van der Waals surface area contributed by atoms with Crippen LogP contribution in [0.15, 0.2) is 48.5 Å². The molecule has 2 amide bonds. The minimum Gasteiger partial charge on any atom is -0.480 e. The highest BCUT2D eigenvalue weighted by atomic mass is 16.5. The van der Waals surface area contributed by atoms with E-state index in [0.717, 1.165) is 22.3 Å². The number of nitrogens with one attached hydrogen (secondary N) is 2. The lowest BCUT2D eigenvalue weighted by Crippen LogP contribution is -2.48. The van der Waals surface area contributed by atoms with E-state index < -0.39 is 23.5 Å². The SMILES string of the molecule is CC(C)(C)CC(NC(=O)C(C)(C)CCNC(=O)OCC1c2ccccc2-c2ccccc21)C(=O)O. The number of amides is 2. The standard InChI is InChI=1S/C28H36N2O5/c1-27(2,3)16-23(24(31)32)30-25(33)28(4,5)14-15-29-26(34)35-17-22-20-12-8-6-10-18(20)19-11-7-9-13-21(19)22/h6-13,22-23H,14-17H2,1-5H3,(H,29,34)(H,30,33)(H,31,32). The van der Waals surface area contributed by atoms with E-state index in [1.165, 1.54) is 0 Å². The normalized spacial score (nSPS) is 14.0. The molecule has 35 heavy (non-hydrogen) atoms. The van der Waals surface area contributed by atoms with E-state index in [2.05, 4.69) is 34.9 Å². The molecule has 0 saturated carbocycles. The molecule has 7 nitrogen and oxygen atoms in total. The van der Waals surface area contributed by atoms with Crippen molar-refractivity contribution in [3.05, 3.63) is 59.7 Å². The summed E-state index contributed by atoms with van der Waals surface area (Å²) in [4.78, 5) is 36.7. The molecule has 0 bridgehead atoms. The number of hydrogen-bond acceptors (Lipinski definition) is 4. The molecule has 188 valence electrons. The summed E-state index contributed by atoms with van der Waals surface area (Å²) in [6.45, 7) is 9.70. The molecule has 1 unspecified atom stereocenters. The van der Waals surface area contributed by atoms with Gasteiger partial charge in [-0.2, -0.15) is 0 Å². The third-order valence-electron chi connectivity index (χ3n) is 6.40. The third kappa shape index (κ3) is 6.62. The van der Waals surface area contributed by atoms with Crippen molar-refractivity contribution < 1.29 is 24.2 Å². The predicted molar refractivity (Wildman–Crippen MR) is 135 cm³/mol. The fourth-order valence-corrected chi connectivity index (χ4v) is 4.41. The van der Waals surface area contributed by atoms with Crippen LogP contribution in [0.5, 0.6) is 0 Å². The summed E-state index contributed by atoms with van der Waals surface area (Å²) in [7, 11) is 0. The van der Waals surface area contributed by atoms with Crippen LogP contribution in [0.3, 0.4) is 0 Å². The largest absolute Gasteiger partial charge is 0.480 e. The molecule has 0 heterocycles. The second-order valence-corrected chi connectivity index (χ2v) is 11.0. The maximum Gasteiger partial charge on any atom is 0.407 e. The van der Waals surface area contributed by atoms with E-state index in [0.29, 0.717) is 12.8 Å². The number of rotatable bonds is 9. The number of carboxylic acid groups (broad SMARTS) is 1. The van der Waals surface area contributed by atoms with Crippen molar-refractivity contribution in [3.8, 4) is 11.1 Å². The number of fused-ring (bicyclic) bond motifs is 3. The monoisotopic (exact) mass is 480 g/mol. The van der Waals surface area contributed by atoms with Crippen molar-refractivity contribution in [2.75, 3.05) is 13.2 Å². The Bertz CT molecular complexity index is 1040. The summed E-state index contributed by atoms with van der Waals surface area (Å²) in [6, 6.07) is 15.3. The maximum atomic E-state index is 12.8. The average molecular weight is 481 g/mol. The fraction of sp³-hybridized carbons (Fsp3) is 0.464. The topological polar surface area (TPSA) is 105 Å². The molecule has 0 fully saturated rings. The highest BCUT2D eigenvalue weighted by Crippen LogP contribution is 2.44. The first-order valence-electron chi connectivity index (χ1n) is 12.0. The van der Waals surface area contributed by atoms with Gasteiger partial charge in [-0.1, -0.05) is 83.1 Å². The average Bonchev–Trinajstić information content (AvgIpc) is 3.10. The van der Waals surface area contributed by atoms with Crippen LogP contribution in [0.2, 0.25) is 0 Å². The van der Waals surface area contributed by atoms with Gasteiger partial charge in [0.25, 0.3) is 0 Å². The zero-order valence-electron chi connectivity index (χ0n) is 21.2. The Hall–Kier alpha value is -3.35. The van der Waals surface area contributed by atoms with Crippen LogP contribution >= 0.6 is 0 Å². The predicted octanol–water partition coefficient (Wildman–Crippen LogP) is 4.95. The molecule has 2 aromatic carbocycles. The van der Waals surface area contributed by atoms with Gasteiger partial charge in [0.2, 0.25) is 5.91 Å². The van der Waals surface area contributed by atoms with Gasteiger partial charge in [0, 0.05) is 17.9 Å². The Morgan fingerprint density at radius 1 is 0.943 bits per heavy atom. The number of carbonyl (C=O) groups is 3. The lowest BCUT2D eigenvalue weighted by molar-refractivity contribution is -0.144. The van der Waals surface area contributed by atoms with E-state index in [1.807, 2.05) is 45.0 Å². The number of aliphatic carboxylic acids is 1. The fourth-order valence-electron chi connectivity index (χ4n) is 4.41. The first-order chi connectivity index (χ1) is 16.4. The number of carbonyl (C=O) groups excluding carboxylic acids is 2. The molecule has 0 spiro atoms. The summed E-state index contributed by atoms with van der Waals surface area (Å²) in [5.74, 6) is -1.43. The van der Waals surface area contributed by atoms with E-state index in [4.69, 9.17) is 4.74 Å². The zero-order chi connectivity index (χ0) is 25.8. The maximum absolute atomic E-state index is 12.8. The molecule has 7 heteroatoms.